The summed E-state index contributed by atoms with van der Waals surface area (Å²) in [5.74, 6) is -1.67. The predicted molar refractivity (Wildman–Crippen MR) is 70.0 cm³/mol. The smallest absolute Gasteiger partial charge is 0.169 e. The van der Waals surface area contributed by atoms with E-state index in [9.17, 15) is 13.6 Å². The van der Waals surface area contributed by atoms with Gasteiger partial charge in [-0.15, -0.1) is 0 Å². The monoisotopic (exact) mass is 261 g/mol. The fourth-order valence-corrected chi connectivity index (χ4v) is 1.84. The first-order valence-corrected chi connectivity index (χ1v) is 5.80. The average molecular weight is 261 g/mol. The number of benzene rings is 2. The highest BCUT2D eigenvalue weighted by atomic mass is 19.1. The number of halogens is 2. The fourth-order valence-electron chi connectivity index (χ4n) is 1.84. The number of carbonyl (C=O) groups is 1. The molecule has 0 saturated carbocycles. The van der Waals surface area contributed by atoms with Gasteiger partial charge in [0.2, 0.25) is 0 Å². The van der Waals surface area contributed by atoms with E-state index < -0.39 is 11.6 Å². The molecule has 19 heavy (non-hydrogen) atoms. The summed E-state index contributed by atoms with van der Waals surface area (Å²) in [6.07, 6.45) is -0.139. The van der Waals surface area contributed by atoms with Crippen LogP contribution in [0, 0.1) is 18.6 Å². The molecule has 4 heteroatoms. The molecule has 0 aliphatic rings. The van der Waals surface area contributed by atoms with Crippen LogP contribution in [-0.4, -0.2) is 5.78 Å². The summed E-state index contributed by atoms with van der Waals surface area (Å²) in [7, 11) is 0. The number of rotatable bonds is 3. The molecule has 98 valence electrons. The van der Waals surface area contributed by atoms with Crippen molar-refractivity contribution in [1.29, 1.82) is 0 Å². The minimum atomic E-state index is -0.723. The van der Waals surface area contributed by atoms with Gasteiger partial charge in [-0.3, -0.25) is 4.79 Å². The van der Waals surface area contributed by atoms with Gasteiger partial charge < -0.3 is 5.73 Å². The molecule has 0 aliphatic carbocycles. The molecule has 0 bridgehead atoms. The molecule has 0 heterocycles. The molecule has 0 fully saturated rings. The second-order valence-corrected chi connectivity index (χ2v) is 4.43. The van der Waals surface area contributed by atoms with Crippen molar-refractivity contribution in [3.63, 3.8) is 0 Å². The van der Waals surface area contributed by atoms with Crippen molar-refractivity contribution in [3.8, 4) is 0 Å². The molecule has 0 saturated heterocycles. The van der Waals surface area contributed by atoms with E-state index in [1.807, 2.05) is 6.92 Å². The summed E-state index contributed by atoms with van der Waals surface area (Å²) in [6, 6.07) is 8.27. The van der Waals surface area contributed by atoms with Crippen molar-refractivity contribution < 1.29 is 13.6 Å². The highest BCUT2D eigenvalue weighted by Gasteiger charge is 2.13. The number of aryl methyl sites for hydroxylation is 1. The van der Waals surface area contributed by atoms with E-state index in [0.717, 1.165) is 17.7 Å². The minimum absolute atomic E-state index is 0.139. The third-order valence-corrected chi connectivity index (χ3v) is 2.88. The van der Waals surface area contributed by atoms with Crippen molar-refractivity contribution >= 4 is 11.5 Å². The zero-order valence-corrected chi connectivity index (χ0v) is 10.4. The Morgan fingerprint density at radius 3 is 2.58 bits per heavy atom. The van der Waals surface area contributed by atoms with Gasteiger partial charge in [-0.05, 0) is 30.7 Å². The minimum Gasteiger partial charge on any atom is -0.398 e. The Morgan fingerprint density at radius 1 is 1.16 bits per heavy atom. The number of anilines is 1. The van der Waals surface area contributed by atoms with Crippen molar-refractivity contribution in [2.45, 2.75) is 13.3 Å². The molecular weight excluding hydrogens is 248 g/mol. The summed E-state index contributed by atoms with van der Waals surface area (Å²) in [5, 5.41) is 0. The Labute approximate surface area is 109 Å². The van der Waals surface area contributed by atoms with Gasteiger partial charge in [0.25, 0.3) is 0 Å². The lowest BCUT2D eigenvalue weighted by molar-refractivity contribution is 0.0992. The number of nitrogen functional groups attached to an aromatic ring is 1. The molecule has 2 rings (SSSR count). The lowest BCUT2D eigenvalue weighted by atomic mass is 9.99. The van der Waals surface area contributed by atoms with E-state index in [4.69, 9.17) is 5.73 Å². The highest BCUT2D eigenvalue weighted by Crippen LogP contribution is 2.18. The summed E-state index contributed by atoms with van der Waals surface area (Å²) in [5.41, 5.74) is 7.52. The lowest BCUT2D eigenvalue weighted by Crippen LogP contribution is -2.08. The Hall–Kier alpha value is -2.23. The Balaban J connectivity index is 2.28. The van der Waals surface area contributed by atoms with Crippen LogP contribution in [-0.2, 0) is 6.42 Å². The van der Waals surface area contributed by atoms with Crippen LogP contribution in [0.5, 0.6) is 0 Å². The van der Waals surface area contributed by atoms with Gasteiger partial charge in [0.1, 0.15) is 11.6 Å². The van der Waals surface area contributed by atoms with Crippen LogP contribution in [0.1, 0.15) is 21.5 Å². The maximum atomic E-state index is 13.5. The van der Waals surface area contributed by atoms with Crippen LogP contribution < -0.4 is 5.73 Å². The molecule has 0 aliphatic heterocycles. The molecule has 0 atom stereocenters. The number of Topliss-reactive ketones (excluding diaryl/α,β-unsaturated/α-hetero) is 1. The zero-order chi connectivity index (χ0) is 14.0. The van der Waals surface area contributed by atoms with Crippen molar-refractivity contribution in [2.24, 2.45) is 0 Å². The molecular formula is C15H13F2NO. The van der Waals surface area contributed by atoms with E-state index in [-0.39, 0.29) is 17.8 Å². The van der Waals surface area contributed by atoms with Crippen molar-refractivity contribution in [2.75, 3.05) is 5.73 Å². The number of hydrogen-bond donors (Lipinski definition) is 1. The molecule has 2 aromatic rings. The van der Waals surface area contributed by atoms with Gasteiger partial charge in [0.05, 0.1) is 0 Å². The molecule has 2 nitrogen and oxygen atoms in total. The second kappa shape index (κ2) is 5.18. The van der Waals surface area contributed by atoms with Crippen LogP contribution in [0.25, 0.3) is 0 Å². The maximum Gasteiger partial charge on any atom is 0.169 e. The van der Waals surface area contributed by atoms with Gasteiger partial charge in [-0.2, -0.15) is 0 Å². The van der Waals surface area contributed by atoms with E-state index in [1.165, 1.54) is 6.07 Å². The number of carbonyl (C=O) groups excluding carboxylic acids is 1. The third kappa shape index (κ3) is 2.96. The first-order valence-electron chi connectivity index (χ1n) is 5.80. The first-order chi connectivity index (χ1) is 8.97. The fraction of sp³-hybridized carbons (Fsp3) is 0.133. The van der Waals surface area contributed by atoms with E-state index in [1.54, 1.807) is 18.2 Å². The topological polar surface area (TPSA) is 43.1 Å². The van der Waals surface area contributed by atoms with Crippen LogP contribution in [0.4, 0.5) is 14.5 Å². The van der Waals surface area contributed by atoms with Gasteiger partial charge in [-0.25, -0.2) is 8.78 Å². The Kier molecular flexibility index (Phi) is 3.60. The van der Waals surface area contributed by atoms with Gasteiger partial charge in [0, 0.05) is 23.7 Å². The number of nitrogens with two attached hydrogens (primary N) is 1. The predicted octanol–water partition coefficient (Wildman–Crippen LogP) is 3.28. The molecule has 2 aromatic carbocycles. The number of ketones is 1. The molecule has 0 aromatic heterocycles. The lowest BCUT2D eigenvalue weighted by Gasteiger charge is -2.07. The van der Waals surface area contributed by atoms with E-state index in [0.29, 0.717) is 11.3 Å². The largest absolute Gasteiger partial charge is 0.398 e. The molecule has 2 N–H and O–H groups in total. The SMILES string of the molecule is Cc1ccc(N)c(C(=O)Cc2ccc(F)cc2F)c1. The van der Waals surface area contributed by atoms with E-state index >= 15 is 0 Å². The van der Waals surface area contributed by atoms with Crippen LogP contribution in [0.3, 0.4) is 0 Å². The van der Waals surface area contributed by atoms with Crippen LogP contribution in [0.2, 0.25) is 0 Å². The zero-order valence-electron chi connectivity index (χ0n) is 10.4. The standard InChI is InChI=1S/C15H13F2NO/c1-9-2-5-14(18)12(6-9)15(19)7-10-3-4-11(16)8-13(10)17/h2-6,8H,7,18H2,1H3. The second-order valence-electron chi connectivity index (χ2n) is 4.43. The Bertz CT molecular complexity index is 638. The molecule has 0 spiro atoms. The molecule has 0 amide bonds. The van der Waals surface area contributed by atoms with Gasteiger partial charge in [-0.1, -0.05) is 17.7 Å². The average Bonchev–Trinajstić information content (AvgIpc) is 2.35. The number of hydrogen-bond acceptors (Lipinski definition) is 2. The summed E-state index contributed by atoms with van der Waals surface area (Å²) in [4.78, 5) is 12.1. The first kappa shape index (κ1) is 13.2. The Morgan fingerprint density at radius 2 is 1.89 bits per heavy atom. The van der Waals surface area contributed by atoms with Crippen molar-refractivity contribution in [3.05, 3.63) is 64.7 Å². The summed E-state index contributed by atoms with van der Waals surface area (Å²) in [6.45, 7) is 1.84. The summed E-state index contributed by atoms with van der Waals surface area (Å²) >= 11 is 0. The maximum absolute atomic E-state index is 13.5. The van der Waals surface area contributed by atoms with Crippen molar-refractivity contribution in [1.82, 2.24) is 0 Å². The quantitative estimate of drug-likeness (QED) is 0.680. The van der Waals surface area contributed by atoms with Crippen LogP contribution in [0.15, 0.2) is 36.4 Å². The van der Waals surface area contributed by atoms with Gasteiger partial charge in [0.15, 0.2) is 5.78 Å². The normalized spacial score (nSPS) is 10.5. The van der Waals surface area contributed by atoms with Crippen LogP contribution >= 0.6 is 0 Å². The van der Waals surface area contributed by atoms with Gasteiger partial charge >= 0.3 is 0 Å². The highest BCUT2D eigenvalue weighted by molar-refractivity contribution is 6.02. The third-order valence-electron chi connectivity index (χ3n) is 2.88. The molecule has 0 unspecified atom stereocenters. The molecule has 0 radical (unpaired) electrons. The van der Waals surface area contributed by atoms with E-state index in [2.05, 4.69) is 0 Å². The summed E-state index contributed by atoms with van der Waals surface area (Å²) < 4.78 is 26.3.